The topological polar surface area (TPSA) is 72.6 Å². The molecule has 6 heteroatoms. The molecule has 5 nitrogen and oxygen atoms in total. The molecule has 1 aliphatic rings. The van der Waals surface area contributed by atoms with E-state index < -0.39 is 10.0 Å². The van der Waals surface area contributed by atoms with Crippen molar-refractivity contribution in [1.29, 1.82) is 0 Å². The van der Waals surface area contributed by atoms with Crippen molar-refractivity contribution < 1.29 is 13.2 Å². The Morgan fingerprint density at radius 3 is 2.24 bits per heavy atom. The number of nitrogens with zero attached hydrogens (tertiary/aromatic N) is 1. The number of nitrogens with two attached hydrogens (primary N) is 1. The molecule has 0 atom stereocenters. The summed E-state index contributed by atoms with van der Waals surface area (Å²) in [4.78, 5) is 0.189. The lowest BCUT2D eigenvalue weighted by Crippen LogP contribution is -2.25. The van der Waals surface area contributed by atoms with Crippen molar-refractivity contribution in [2.45, 2.75) is 18.0 Å². The van der Waals surface area contributed by atoms with Crippen molar-refractivity contribution in [2.75, 3.05) is 12.8 Å². The smallest absolute Gasteiger partial charge is 0.243 e. The molecule has 0 saturated carbocycles. The van der Waals surface area contributed by atoms with Gasteiger partial charge in [0.05, 0.1) is 17.7 Å². The number of anilines is 1. The Bertz CT molecular complexity index is 762. The maximum Gasteiger partial charge on any atom is 0.243 e. The van der Waals surface area contributed by atoms with E-state index >= 15 is 0 Å². The Kier molecular flexibility index (Phi) is 3.35. The minimum Gasteiger partial charge on any atom is -0.495 e. The highest BCUT2D eigenvalue weighted by atomic mass is 32.2. The first kappa shape index (κ1) is 13.9. The number of fused-ring (bicyclic) bond motifs is 1. The number of ether oxygens (including phenoxy) is 1. The summed E-state index contributed by atoms with van der Waals surface area (Å²) in [5, 5.41) is 0. The third-order valence-electron chi connectivity index (χ3n) is 3.65. The molecule has 110 valence electrons. The van der Waals surface area contributed by atoms with E-state index in [1.54, 1.807) is 6.07 Å². The van der Waals surface area contributed by atoms with Crippen LogP contribution in [0, 0.1) is 0 Å². The molecular formula is C15H16N2O3S. The quantitative estimate of drug-likeness (QED) is 0.880. The number of methoxy groups -OCH3 is 1. The van der Waals surface area contributed by atoms with Crippen molar-refractivity contribution in [3.8, 4) is 5.75 Å². The molecule has 0 unspecified atom stereocenters. The molecule has 0 spiro atoms. The zero-order valence-electron chi connectivity index (χ0n) is 11.6. The molecule has 0 aromatic heterocycles. The fourth-order valence-corrected chi connectivity index (χ4v) is 3.93. The summed E-state index contributed by atoms with van der Waals surface area (Å²) < 4.78 is 31.9. The van der Waals surface area contributed by atoms with E-state index in [0.717, 1.165) is 11.1 Å². The molecule has 0 fully saturated rings. The first-order valence-electron chi connectivity index (χ1n) is 6.53. The normalized spacial score (nSPS) is 14.9. The zero-order valence-corrected chi connectivity index (χ0v) is 12.4. The summed E-state index contributed by atoms with van der Waals surface area (Å²) in [6.07, 6.45) is 0. The SMILES string of the molecule is COc1ccc(S(=O)(=O)N2Cc3ccccc3C2)cc1N. The Morgan fingerprint density at radius 1 is 1.10 bits per heavy atom. The molecule has 2 N–H and O–H groups in total. The van der Waals surface area contributed by atoms with Crippen molar-refractivity contribution >= 4 is 15.7 Å². The lowest BCUT2D eigenvalue weighted by atomic mass is 10.1. The molecule has 0 amide bonds. The van der Waals surface area contributed by atoms with Gasteiger partial charge in [-0.15, -0.1) is 0 Å². The van der Waals surface area contributed by atoms with Crippen LogP contribution in [-0.4, -0.2) is 19.8 Å². The molecule has 0 saturated heterocycles. The van der Waals surface area contributed by atoms with Gasteiger partial charge in [-0.05, 0) is 29.3 Å². The van der Waals surface area contributed by atoms with E-state index in [0.29, 0.717) is 24.5 Å². The fraction of sp³-hybridized carbons (Fsp3) is 0.200. The first-order valence-corrected chi connectivity index (χ1v) is 7.97. The number of hydrogen-bond donors (Lipinski definition) is 1. The lowest BCUT2D eigenvalue weighted by Gasteiger charge is -2.16. The second-order valence-electron chi connectivity index (χ2n) is 4.95. The largest absolute Gasteiger partial charge is 0.495 e. The highest BCUT2D eigenvalue weighted by Crippen LogP contribution is 2.31. The standard InChI is InChI=1S/C15H16N2O3S/c1-20-15-7-6-13(8-14(15)16)21(18,19)17-9-11-4-2-3-5-12(11)10-17/h2-8H,9-10,16H2,1H3. The van der Waals surface area contributed by atoms with Gasteiger partial charge in [-0.2, -0.15) is 4.31 Å². The van der Waals surface area contributed by atoms with Gasteiger partial charge in [0.1, 0.15) is 5.75 Å². The molecule has 21 heavy (non-hydrogen) atoms. The number of rotatable bonds is 3. The van der Waals surface area contributed by atoms with Crippen molar-refractivity contribution in [2.24, 2.45) is 0 Å². The van der Waals surface area contributed by atoms with Crippen LogP contribution in [0.3, 0.4) is 0 Å². The van der Waals surface area contributed by atoms with Crippen LogP contribution in [0.25, 0.3) is 0 Å². The third-order valence-corrected chi connectivity index (χ3v) is 5.44. The lowest BCUT2D eigenvalue weighted by molar-refractivity contribution is 0.416. The van der Waals surface area contributed by atoms with Crippen LogP contribution < -0.4 is 10.5 Å². The summed E-state index contributed by atoms with van der Waals surface area (Å²) in [5.74, 6) is 0.471. The van der Waals surface area contributed by atoms with Gasteiger partial charge in [0, 0.05) is 13.1 Å². The highest BCUT2D eigenvalue weighted by Gasteiger charge is 2.30. The number of hydrogen-bond acceptors (Lipinski definition) is 4. The van der Waals surface area contributed by atoms with E-state index in [2.05, 4.69) is 0 Å². The average molecular weight is 304 g/mol. The summed E-state index contributed by atoms with van der Waals surface area (Å²) in [6.45, 7) is 0.787. The first-order chi connectivity index (χ1) is 10.0. The summed E-state index contributed by atoms with van der Waals surface area (Å²) >= 11 is 0. The van der Waals surface area contributed by atoms with E-state index in [1.807, 2.05) is 24.3 Å². The molecule has 3 rings (SSSR count). The molecule has 1 aliphatic heterocycles. The molecule has 2 aromatic carbocycles. The van der Waals surface area contributed by atoms with Crippen LogP contribution in [0.5, 0.6) is 5.75 Å². The van der Waals surface area contributed by atoms with Crippen molar-refractivity contribution in [3.05, 3.63) is 53.6 Å². The molecule has 0 radical (unpaired) electrons. The van der Waals surface area contributed by atoms with E-state index in [4.69, 9.17) is 10.5 Å². The second kappa shape index (κ2) is 5.05. The summed E-state index contributed by atoms with van der Waals surface area (Å²) in [6, 6.07) is 12.3. The monoisotopic (exact) mass is 304 g/mol. The maximum absolute atomic E-state index is 12.7. The predicted molar refractivity (Wildman–Crippen MR) is 80.3 cm³/mol. The summed E-state index contributed by atoms with van der Waals surface area (Å²) in [7, 11) is -2.06. The Hall–Kier alpha value is -2.05. The van der Waals surface area contributed by atoms with Gasteiger partial charge < -0.3 is 10.5 Å². The number of nitrogen functional groups attached to an aromatic ring is 1. The van der Waals surface area contributed by atoms with Crippen LogP contribution >= 0.6 is 0 Å². The molecular weight excluding hydrogens is 288 g/mol. The van der Waals surface area contributed by atoms with Gasteiger partial charge in [-0.3, -0.25) is 0 Å². The van der Waals surface area contributed by atoms with E-state index in [9.17, 15) is 8.42 Å². The van der Waals surface area contributed by atoms with Crippen LogP contribution in [0.1, 0.15) is 11.1 Å². The minimum absolute atomic E-state index is 0.189. The van der Waals surface area contributed by atoms with Crippen LogP contribution in [0.2, 0.25) is 0 Å². The number of sulfonamides is 1. The molecule has 0 bridgehead atoms. The van der Waals surface area contributed by atoms with Gasteiger partial charge >= 0.3 is 0 Å². The predicted octanol–water partition coefficient (Wildman–Crippen LogP) is 1.98. The van der Waals surface area contributed by atoms with Crippen LogP contribution in [0.4, 0.5) is 5.69 Å². The molecule has 1 heterocycles. The molecule has 0 aliphatic carbocycles. The average Bonchev–Trinajstić information content (AvgIpc) is 2.92. The van der Waals surface area contributed by atoms with Gasteiger partial charge in [-0.1, -0.05) is 24.3 Å². The highest BCUT2D eigenvalue weighted by molar-refractivity contribution is 7.89. The molecule has 2 aromatic rings. The van der Waals surface area contributed by atoms with Gasteiger partial charge in [0.15, 0.2) is 0 Å². The van der Waals surface area contributed by atoms with Gasteiger partial charge in [-0.25, -0.2) is 8.42 Å². The fourth-order valence-electron chi connectivity index (χ4n) is 2.49. The Balaban J connectivity index is 1.94. The van der Waals surface area contributed by atoms with Crippen LogP contribution in [0.15, 0.2) is 47.4 Å². The van der Waals surface area contributed by atoms with E-state index in [1.165, 1.54) is 23.5 Å². The van der Waals surface area contributed by atoms with Gasteiger partial charge in [0.2, 0.25) is 10.0 Å². The number of benzene rings is 2. The maximum atomic E-state index is 12.7. The minimum atomic E-state index is -3.56. The summed E-state index contributed by atoms with van der Waals surface area (Å²) in [5.41, 5.74) is 8.21. The van der Waals surface area contributed by atoms with Crippen LogP contribution in [-0.2, 0) is 23.1 Å². The third kappa shape index (κ3) is 2.36. The Morgan fingerprint density at radius 2 is 1.71 bits per heavy atom. The van der Waals surface area contributed by atoms with E-state index in [-0.39, 0.29) is 4.90 Å². The van der Waals surface area contributed by atoms with Crippen molar-refractivity contribution in [3.63, 3.8) is 0 Å². The second-order valence-corrected chi connectivity index (χ2v) is 6.88. The van der Waals surface area contributed by atoms with Crippen molar-refractivity contribution in [1.82, 2.24) is 4.31 Å². The Labute approximate surface area is 124 Å². The zero-order chi connectivity index (χ0) is 15.0. The van der Waals surface area contributed by atoms with Gasteiger partial charge in [0.25, 0.3) is 0 Å².